The van der Waals surface area contributed by atoms with Crippen LogP contribution in [0.2, 0.25) is 0 Å². The van der Waals surface area contributed by atoms with Crippen LogP contribution in [0.4, 0.5) is 0 Å². The van der Waals surface area contributed by atoms with Gasteiger partial charge in [-0.25, -0.2) is 13.7 Å². The average molecular weight is 236 g/mol. The molecule has 1 saturated heterocycles. The van der Waals surface area contributed by atoms with Crippen LogP contribution in [-0.4, -0.2) is 26.5 Å². The molecule has 1 fully saturated rings. The fourth-order valence-electron chi connectivity index (χ4n) is 1.36. The van der Waals surface area contributed by atoms with Gasteiger partial charge in [0.25, 0.3) is 0 Å². The zero-order chi connectivity index (χ0) is 10.8. The van der Waals surface area contributed by atoms with E-state index in [0.717, 1.165) is 18.6 Å². The fraction of sp³-hybridized carbons (Fsp3) is 1.00. The first-order valence-electron chi connectivity index (χ1n) is 5.08. The van der Waals surface area contributed by atoms with E-state index in [9.17, 15) is 4.21 Å². The summed E-state index contributed by atoms with van der Waals surface area (Å²) in [5, 5.41) is 0.612. The summed E-state index contributed by atoms with van der Waals surface area (Å²) in [6.07, 6.45) is 2.21. The van der Waals surface area contributed by atoms with Crippen molar-refractivity contribution in [1.82, 2.24) is 4.72 Å². The first-order chi connectivity index (χ1) is 6.42. The molecular weight excluding hydrogens is 216 g/mol. The molecule has 14 heavy (non-hydrogen) atoms. The van der Waals surface area contributed by atoms with Crippen LogP contribution in [0.5, 0.6) is 0 Å². The van der Waals surface area contributed by atoms with E-state index in [1.807, 2.05) is 25.6 Å². The number of hydrogen-bond acceptors (Lipinski definition) is 3. The molecule has 0 bridgehead atoms. The molecule has 1 rings (SSSR count). The van der Waals surface area contributed by atoms with E-state index >= 15 is 0 Å². The van der Waals surface area contributed by atoms with Gasteiger partial charge in [-0.1, -0.05) is 6.92 Å². The van der Waals surface area contributed by atoms with Gasteiger partial charge in [-0.15, -0.1) is 0 Å². The summed E-state index contributed by atoms with van der Waals surface area (Å²) >= 11 is 1.91. The molecule has 2 N–H and O–H groups in total. The van der Waals surface area contributed by atoms with Gasteiger partial charge >= 0.3 is 0 Å². The molecule has 3 nitrogen and oxygen atoms in total. The van der Waals surface area contributed by atoms with E-state index in [-0.39, 0.29) is 11.3 Å². The lowest BCUT2D eigenvalue weighted by molar-refractivity contribution is 0.558. The standard InChI is InChI=1S/C9H20N2OS2/c1-7(2)14(10,12)11-9-5-4-8(3)13-6-9/h7-9H,4-6H2,1-3H3,(H2,10,11,12). The van der Waals surface area contributed by atoms with Gasteiger partial charge in [0.15, 0.2) is 0 Å². The largest absolute Gasteiger partial charge is 0.240 e. The third kappa shape index (κ3) is 3.44. The Bertz CT molecular complexity index is 267. The minimum atomic E-state index is -2.58. The summed E-state index contributed by atoms with van der Waals surface area (Å²) in [6, 6.07) is 0.267. The highest BCUT2D eigenvalue weighted by Crippen LogP contribution is 2.25. The maximum Gasteiger partial charge on any atom is 0.107 e. The third-order valence-corrected chi connectivity index (χ3v) is 5.92. The van der Waals surface area contributed by atoms with E-state index in [2.05, 4.69) is 11.6 Å². The summed E-state index contributed by atoms with van der Waals surface area (Å²) in [4.78, 5) is 0. The average Bonchev–Trinajstić information content (AvgIpc) is 2.08. The first-order valence-corrected chi connectivity index (χ1v) is 7.75. The van der Waals surface area contributed by atoms with Gasteiger partial charge in [0, 0.05) is 17.0 Å². The molecule has 1 heterocycles. The predicted octanol–water partition coefficient (Wildman–Crippen LogP) is 2.23. The summed E-state index contributed by atoms with van der Waals surface area (Å²) < 4.78 is 22.4. The van der Waals surface area contributed by atoms with E-state index in [4.69, 9.17) is 4.78 Å². The summed E-state index contributed by atoms with van der Waals surface area (Å²) in [6.45, 7) is 5.89. The Labute approximate surface area is 91.5 Å². The van der Waals surface area contributed by atoms with Crippen molar-refractivity contribution < 1.29 is 4.21 Å². The highest BCUT2D eigenvalue weighted by atomic mass is 32.2. The molecule has 0 aromatic heterocycles. The second-order valence-corrected chi connectivity index (χ2v) is 8.04. The van der Waals surface area contributed by atoms with Gasteiger partial charge in [0.1, 0.15) is 9.92 Å². The number of hydrogen-bond donors (Lipinski definition) is 2. The quantitative estimate of drug-likeness (QED) is 0.789. The van der Waals surface area contributed by atoms with Crippen LogP contribution in [0.3, 0.4) is 0 Å². The number of nitrogens with one attached hydrogen (secondary N) is 2. The Kier molecular flexibility index (Phi) is 4.28. The second-order valence-electron chi connectivity index (χ2n) is 4.19. The molecule has 1 aliphatic rings. The van der Waals surface area contributed by atoms with Crippen LogP contribution in [0.1, 0.15) is 33.6 Å². The van der Waals surface area contributed by atoms with Gasteiger partial charge < -0.3 is 0 Å². The summed E-state index contributed by atoms with van der Waals surface area (Å²) in [7, 11) is -2.58. The SMILES string of the molecule is CC1CCC(NS(=N)(=O)C(C)C)CS1. The smallest absolute Gasteiger partial charge is 0.107 e. The molecule has 0 radical (unpaired) electrons. The molecule has 0 amide bonds. The maximum atomic E-state index is 11.8. The minimum Gasteiger partial charge on any atom is -0.240 e. The van der Waals surface area contributed by atoms with Crippen LogP contribution in [0.15, 0.2) is 0 Å². The Morgan fingerprint density at radius 3 is 2.57 bits per heavy atom. The topological polar surface area (TPSA) is 53.0 Å². The highest BCUT2D eigenvalue weighted by Gasteiger charge is 2.22. The van der Waals surface area contributed by atoms with E-state index < -0.39 is 9.92 Å². The van der Waals surface area contributed by atoms with Crippen LogP contribution in [0, 0.1) is 4.78 Å². The van der Waals surface area contributed by atoms with Gasteiger partial charge in [0.05, 0.1) is 5.25 Å². The zero-order valence-electron chi connectivity index (χ0n) is 9.08. The maximum absolute atomic E-state index is 11.8. The Morgan fingerprint density at radius 2 is 2.14 bits per heavy atom. The van der Waals surface area contributed by atoms with E-state index in [0.29, 0.717) is 5.25 Å². The first kappa shape index (κ1) is 12.3. The molecule has 1 aliphatic heterocycles. The molecule has 3 atom stereocenters. The Hall–Kier alpha value is 0.260. The molecule has 0 aromatic carbocycles. The molecule has 84 valence electrons. The van der Waals surface area contributed by atoms with Crippen molar-refractivity contribution in [3.63, 3.8) is 0 Å². The van der Waals surface area contributed by atoms with Gasteiger partial charge in [0.2, 0.25) is 0 Å². The van der Waals surface area contributed by atoms with Gasteiger partial charge in [-0.3, -0.25) is 0 Å². The lowest BCUT2D eigenvalue weighted by Crippen LogP contribution is -2.41. The monoisotopic (exact) mass is 236 g/mol. The second kappa shape index (κ2) is 4.86. The molecule has 3 unspecified atom stereocenters. The Morgan fingerprint density at radius 1 is 1.50 bits per heavy atom. The van der Waals surface area contributed by atoms with Crippen LogP contribution >= 0.6 is 11.8 Å². The van der Waals surface area contributed by atoms with Crippen molar-refractivity contribution in [2.24, 2.45) is 0 Å². The molecule has 5 heteroatoms. The van der Waals surface area contributed by atoms with Crippen molar-refractivity contribution in [3.8, 4) is 0 Å². The van der Waals surface area contributed by atoms with Gasteiger partial charge in [-0.2, -0.15) is 11.8 Å². The van der Waals surface area contributed by atoms with Crippen molar-refractivity contribution in [2.75, 3.05) is 5.75 Å². The number of thioether (sulfide) groups is 1. The summed E-state index contributed by atoms with van der Waals surface area (Å²) in [5.74, 6) is 0.990. The van der Waals surface area contributed by atoms with Crippen molar-refractivity contribution >= 4 is 21.7 Å². The lowest BCUT2D eigenvalue weighted by atomic mass is 10.1. The number of rotatable bonds is 3. The zero-order valence-corrected chi connectivity index (χ0v) is 10.7. The molecule has 0 saturated carbocycles. The van der Waals surface area contributed by atoms with Crippen molar-refractivity contribution in [2.45, 2.75) is 50.2 Å². The lowest BCUT2D eigenvalue weighted by Gasteiger charge is -2.28. The molecule has 0 aliphatic carbocycles. The normalized spacial score (nSPS) is 32.9. The molecule has 0 aromatic rings. The highest BCUT2D eigenvalue weighted by molar-refractivity contribution is 8.00. The molecule has 0 spiro atoms. The van der Waals surface area contributed by atoms with Crippen LogP contribution in [0.25, 0.3) is 0 Å². The third-order valence-electron chi connectivity index (χ3n) is 2.51. The molecular formula is C9H20N2OS2. The Balaban J connectivity index is 2.46. The van der Waals surface area contributed by atoms with Gasteiger partial charge in [-0.05, 0) is 26.7 Å². The fourth-order valence-corrected chi connectivity index (χ4v) is 3.55. The predicted molar refractivity (Wildman–Crippen MR) is 64.1 cm³/mol. The van der Waals surface area contributed by atoms with E-state index in [1.54, 1.807) is 0 Å². The van der Waals surface area contributed by atoms with Crippen molar-refractivity contribution in [3.05, 3.63) is 0 Å². The van der Waals surface area contributed by atoms with Crippen LogP contribution in [-0.2, 0) is 9.92 Å². The summed E-state index contributed by atoms with van der Waals surface area (Å²) in [5.41, 5.74) is 0. The van der Waals surface area contributed by atoms with Crippen LogP contribution < -0.4 is 4.72 Å². The van der Waals surface area contributed by atoms with E-state index in [1.165, 1.54) is 0 Å². The minimum absolute atomic E-state index is 0.105. The van der Waals surface area contributed by atoms with Crippen molar-refractivity contribution in [1.29, 1.82) is 4.78 Å².